The van der Waals surface area contributed by atoms with Crippen molar-refractivity contribution in [3.8, 4) is 11.5 Å². The number of amides is 1. The number of hydrogen-bond donors (Lipinski definition) is 2. The molecular formula is C18H21NO4. The fourth-order valence-corrected chi connectivity index (χ4v) is 1.88. The Morgan fingerprint density at radius 1 is 0.957 bits per heavy atom. The van der Waals surface area contributed by atoms with Crippen LogP contribution in [0, 0.1) is 0 Å². The number of ether oxygens (including phenoxy) is 2. The molecule has 122 valence electrons. The predicted molar refractivity (Wildman–Crippen MR) is 87.4 cm³/mol. The number of carbonyl (C=O) groups is 1. The third-order valence-electron chi connectivity index (χ3n) is 3.10. The van der Waals surface area contributed by atoms with E-state index in [9.17, 15) is 4.79 Å². The monoisotopic (exact) mass is 315 g/mol. The van der Waals surface area contributed by atoms with Crippen molar-refractivity contribution in [1.82, 2.24) is 5.32 Å². The van der Waals surface area contributed by atoms with E-state index in [4.69, 9.17) is 14.6 Å². The van der Waals surface area contributed by atoms with Crippen molar-refractivity contribution in [3.05, 3.63) is 60.2 Å². The number of hydrogen-bond acceptors (Lipinski definition) is 4. The molecule has 2 N–H and O–H groups in total. The van der Waals surface area contributed by atoms with Crippen LogP contribution in [0.3, 0.4) is 0 Å². The van der Waals surface area contributed by atoms with Gasteiger partial charge in [0, 0.05) is 13.2 Å². The summed E-state index contributed by atoms with van der Waals surface area (Å²) >= 11 is 0. The largest absolute Gasteiger partial charge is 0.489 e. The molecule has 2 aromatic rings. The molecule has 2 rings (SSSR count). The van der Waals surface area contributed by atoms with E-state index in [2.05, 4.69) is 5.32 Å². The summed E-state index contributed by atoms with van der Waals surface area (Å²) in [5, 5.41) is 11.3. The summed E-state index contributed by atoms with van der Waals surface area (Å²) in [5.41, 5.74) is 1.10. The smallest absolute Gasteiger partial charge is 0.257 e. The molecule has 0 aliphatic carbocycles. The van der Waals surface area contributed by atoms with E-state index in [1.54, 1.807) is 12.1 Å². The highest BCUT2D eigenvalue weighted by molar-refractivity contribution is 5.77. The van der Waals surface area contributed by atoms with Gasteiger partial charge in [-0.3, -0.25) is 4.79 Å². The van der Waals surface area contributed by atoms with E-state index in [0.717, 1.165) is 11.3 Å². The summed E-state index contributed by atoms with van der Waals surface area (Å²) in [6.45, 7) is 0.973. The second kappa shape index (κ2) is 9.48. The highest BCUT2D eigenvalue weighted by Crippen LogP contribution is 2.18. The lowest BCUT2D eigenvalue weighted by atomic mass is 10.2. The second-order valence-corrected chi connectivity index (χ2v) is 4.96. The lowest BCUT2D eigenvalue weighted by Crippen LogP contribution is -2.30. The van der Waals surface area contributed by atoms with Gasteiger partial charge in [0.25, 0.3) is 5.91 Å². The van der Waals surface area contributed by atoms with Gasteiger partial charge in [0.1, 0.15) is 18.1 Å². The molecule has 0 radical (unpaired) electrons. The van der Waals surface area contributed by atoms with Crippen LogP contribution in [0.15, 0.2) is 54.6 Å². The number of aliphatic hydroxyl groups is 1. The number of rotatable bonds is 9. The molecule has 23 heavy (non-hydrogen) atoms. The van der Waals surface area contributed by atoms with E-state index in [1.165, 1.54) is 0 Å². The lowest BCUT2D eigenvalue weighted by Gasteiger charge is -2.09. The van der Waals surface area contributed by atoms with Gasteiger partial charge in [0.2, 0.25) is 0 Å². The molecule has 5 nitrogen and oxygen atoms in total. The van der Waals surface area contributed by atoms with Crippen molar-refractivity contribution in [2.45, 2.75) is 13.0 Å². The minimum atomic E-state index is -0.206. The Hall–Kier alpha value is -2.53. The SMILES string of the molecule is O=C(COc1ccc(OCc2ccccc2)cc1)NCCCO. The van der Waals surface area contributed by atoms with Crippen molar-refractivity contribution in [1.29, 1.82) is 0 Å². The van der Waals surface area contributed by atoms with Crippen LogP contribution in [0.25, 0.3) is 0 Å². The Labute approximate surface area is 135 Å². The molecule has 1 amide bonds. The van der Waals surface area contributed by atoms with E-state index in [-0.39, 0.29) is 19.1 Å². The molecule has 5 heteroatoms. The van der Waals surface area contributed by atoms with Gasteiger partial charge in [-0.15, -0.1) is 0 Å². The summed E-state index contributed by atoms with van der Waals surface area (Å²) in [5.74, 6) is 1.14. The first-order valence-electron chi connectivity index (χ1n) is 7.55. The molecule has 0 saturated heterocycles. The highest BCUT2D eigenvalue weighted by Gasteiger charge is 2.02. The molecule has 0 spiro atoms. The molecule has 0 unspecified atom stereocenters. The van der Waals surface area contributed by atoms with Gasteiger partial charge in [0.15, 0.2) is 6.61 Å². The normalized spacial score (nSPS) is 10.1. The average Bonchev–Trinajstić information content (AvgIpc) is 2.60. The van der Waals surface area contributed by atoms with Crippen LogP contribution in [0.2, 0.25) is 0 Å². The zero-order chi connectivity index (χ0) is 16.3. The Balaban J connectivity index is 1.72. The van der Waals surface area contributed by atoms with Crippen LogP contribution in [0.5, 0.6) is 11.5 Å². The maximum Gasteiger partial charge on any atom is 0.257 e. The molecule has 0 bridgehead atoms. The van der Waals surface area contributed by atoms with E-state index in [0.29, 0.717) is 25.3 Å². The summed E-state index contributed by atoms with van der Waals surface area (Å²) < 4.78 is 11.1. The number of carbonyl (C=O) groups excluding carboxylic acids is 1. The van der Waals surface area contributed by atoms with Crippen molar-refractivity contribution in [2.75, 3.05) is 19.8 Å². The van der Waals surface area contributed by atoms with Crippen molar-refractivity contribution < 1.29 is 19.4 Å². The molecule has 0 atom stereocenters. The van der Waals surface area contributed by atoms with Gasteiger partial charge >= 0.3 is 0 Å². The van der Waals surface area contributed by atoms with Crippen LogP contribution in [0.4, 0.5) is 0 Å². The van der Waals surface area contributed by atoms with Crippen LogP contribution < -0.4 is 14.8 Å². The summed E-state index contributed by atoms with van der Waals surface area (Å²) in [6.07, 6.45) is 0.541. The minimum absolute atomic E-state index is 0.0460. The minimum Gasteiger partial charge on any atom is -0.489 e. The quantitative estimate of drug-likeness (QED) is 0.696. The molecule has 2 aromatic carbocycles. The lowest BCUT2D eigenvalue weighted by molar-refractivity contribution is -0.123. The van der Waals surface area contributed by atoms with Gasteiger partial charge < -0.3 is 19.9 Å². The first-order chi connectivity index (χ1) is 11.3. The first kappa shape index (κ1) is 16.8. The molecule has 0 fully saturated rings. The molecule has 0 heterocycles. The van der Waals surface area contributed by atoms with E-state index < -0.39 is 0 Å². The maximum absolute atomic E-state index is 11.5. The average molecular weight is 315 g/mol. The fraction of sp³-hybridized carbons (Fsp3) is 0.278. The Bertz CT molecular complexity index is 584. The molecule has 0 aliphatic rings. The summed E-state index contributed by atoms with van der Waals surface area (Å²) in [4.78, 5) is 11.5. The maximum atomic E-state index is 11.5. The van der Waals surface area contributed by atoms with Gasteiger partial charge in [-0.25, -0.2) is 0 Å². The Morgan fingerprint density at radius 3 is 2.26 bits per heavy atom. The zero-order valence-corrected chi connectivity index (χ0v) is 12.9. The topological polar surface area (TPSA) is 67.8 Å². The van der Waals surface area contributed by atoms with Crippen molar-refractivity contribution in [2.24, 2.45) is 0 Å². The van der Waals surface area contributed by atoms with Crippen molar-refractivity contribution >= 4 is 5.91 Å². The molecule has 0 aromatic heterocycles. The predicted octanol–water partition coefficient (Wildman–Crippen LogP) is 2.14. The van der Waals surface area contributed by atoms with Crippen molar-refractivity contribution in [3.63, 3.8) is 0 Å². The van der Waals surface area contributed by atoms with Gasteiger partial charge in [0.05, 0.1) is 0 Å². The number of nitrogens with one attached hydrogen (secondary N) is 1. The highest BCUT2D eigenvalue weighted by atomic mass is 16.5. The molecule has 0 aliphatic heterocycles. The standard InChI is InChI=1S/C18H21NO4/c20-12-4-11-19-18(21)14-23-17-9-7-16(8-10-17)22-13-15-5-2-1-3-6-15/h1-3,5-10,20H,4,11-14H2,(H,19,21). The van der Waals surface area contributed by atoms with Gasteiger partial charge in [-0.05, 0) is 36.2 Å². The Morgan fingerprint density at radius 2 is 1.61 bits per heavy atom. The summed E-state index contributed by atoms with van der Waals surface area (Å²) in [7, 11) is 0. The first-order valence-corrected chi connectivity index (χ1v) is 7.55. The third-order valence-corrected chi connectivity index (χ3v) is 3.10. The van der Waals surface area contributed by atoms with Crippen LogP contribution in [-0.4, -0.2) is 30.8 Å². The fourth-order valence-electron chi connectivity index (χ4n) is 1.88. The zero-order valence-electron chi connectivity index (χ0n) is 12.9. The second-order valence-electron chi connectivity index (χ2n) is 4.96. The summed E-state index contributed by atoms with van der Waals surface area (Å²) in [6, 6.07) is 17.1. The van der Waals surface area contributed by atoms with E-state index in [1.807, 2.05) is 42.5 Å². The Kier molecular flexibility index (Phi) is 6.94. The van der Waals surface area contributed by atoms with Gasteiger partial charge in [-0.1, -0.05) is 30.3 Å². The van der Waals surface area contributed by atoms with Gasteiger partial charge in [-0.2, -0.15) is 0 Å². The van der Waals surface area contributed by atoms with Crippen LogP contribution in [0.1, 0.15) is 12.0 Å². The van der Waals surface area contributed by atoms with Crippen LogP contribution in [-0.2, 0) is 11.4 Å². The molecule has 0 saturated carbocycles. The van der Waals surface area contributed by atoms with Crippen LogP contribution >= 0.6 is 0 Å². The number of benzene rings is 2. The third kappa shape index (κ3) is 6.40. The number of aliphatic hydroxyl groups excluding tert-OH is 1. The molecular weight excluding hydrogens is 294 g/mol. The van der Waals surface area contributed by atoms with E-state index >= 15 is 0 Å².